The monoisotopic (exact) mass is 267 g/mol. The fraction of sp³-hybridized carbons (Fsp3) is 0.750. The maximum atomic E-state index is 12.0. The third-order valence-electron chi connectivity index (χ3n) is 3.13. The molecule has 1 aliphatic rings. The Morgan fingerprint density at radius 2 is 2.16 bits per heavy atom. The molecular weight excluding hydrogens is 246 g/mol. The van der Waals surface area contributed by atoms with E-state index in [-0.39, 0.29) is 12.5 Å². The first-order chi connectivity index (χ1) is 9.29. The van der Waals surface area contributed by atoms with Gasteiger partial charge in [-0.1, -0.05) is 5.21 Å². The Morgan fingerprint density at radius 3 is 2.89 bits per heavy atom. The van der Waals surface area contributed by atoms with Gasteiger partial charge in [0.15, 0.2) is 0 Å². The summed E-state index contributed by atoms with van der Waals surface area (Å²) >= 11 is 0. The third kappa shape index (κ3) is 4.29. The van der Waals surface area contributed by atoms with Crippen molar-refractivity contribution in [2.24, 2.45) is 5.73 Å². The lowest BCUT2D eigenvalue weighted by Crippen LogP contribution is -2.42. The number of rotatable bonds is 6. The molecule has 19 heavy (non-hydrogen) atoms. The minimum atomic E-state index is 0.0710. The molecule has 0 spiro atoms. The highest BCUT2D eigenvalue weighted by atomic mass is 16.5. The molecule has 1 amide bonds. The molecule has 1 fully saturated rings. The molecule has 0 aliphatic carbocycles. The summed E-state index contributed by atoms with van der Waals surface area (Å²) in [7, 11) is 0. The maximum absolute atomic E-state index is 12.0. The molecule has 1 aliphatic heterocycles. The summed E-state index contributed by atoms with van der Waals surface area (Å²) in [5, 5.41) is 8.05. The molecule has 0 bridgehead atoms. The van der Waals surface area contributed by atoms with Crippen LogP contribution in [0.5, 0.6) is 0 Å². The van der Waals surface area contributed by atoms with Crippen LogP contribution >= 0.6 is 0 Å². The third-order valence-corrected chi connectivity index (χ3v) is 3.13. The Labute approximate surface area is 112 Å². The second kappa shape index (κ2) is 7.20. The van der Waals surface area contributed by atoms with Gasteiger partial charge >= 0.3 is 0 Å². The second-order valence-corrected chi connectivity index (χ2v) is 4.65. The van der Waals surface area contributed by atoms with E-state index in [9.17, 15) is 4.79 Å². The van der Waals surface area contributed by atoms with Crippen LogP contribution < -0.4 is 5.73 Å². The van der Waals surface area contributed by atoms with E-state index in [2.05, 4.69) is 10.3 Å². The lowest BCUT2D eigenvalue weighted by atomic mass is 10.2. The molecule has 7 nitrogen and oxygen atoms in total. The lowest BCUT2D eigenvalue weighted by molar-refractivity contribution is -0.136. The number of morpholine rings is 1. The van der Waals surface area contributed by atoms with Gasteiger partial charge in [-0.25, -0.2) is 4.68 Å². The Kier molecular flexibility index (Phi) is 5.29. The van der Waals surface area contributed by atoms with Crippen LogP contribution in [0.15, 0.2) is 6.20 Å². The van der Waals surface area contributed by atoms with E-state index in [0.717, 1.165) is 25.0 Å². The zero-order valence-electron chi connectivity index (χ0n) is 11.1. The van der Waals surface area contributed by atoms with Crippen molar-refractivity contribution in [2.75, 3.05) is 32.8 Å². The summed E-state index contributed by atoms with van der Waals surface area (Å²) in [4.78, 5) is 13.8. The molecule has 7 heteroatoms. The number of aromatic nitrogens is 3. The molecule has 2 rings (SSSR count). The largest absolute Gasteiger partial charge is 0.378 e. The van der Waals surface area contributed by atoms with Crippen molar-refractivity contribution in [3.8, 4) is 0 Å². The first-order valence-electron chi connectivity index (χ1n) is 6.74. The zero-order chi connectivity index (χ0) is 13.5. The number of nitrogens with zero attached hydrogens (tertiary/aromatic N) is 4. The van der Waals surface area contributed by atoms with E-state index >= 15 is 0 Å². The highest BCUT2D eigenvalue weighted by molar-refractivity contribution is 5.75. The number of ether oxygens (including phenoxy) is 1. The summed E-state index contributed by atoms with van der Waals surface area (Å²) in [6.45, 7) is 3.52. The summed E-state index contributed by atoms with van der Waals surface area (Å²) in [6, 6.07) is 0. The van der Waals surface area contributed by atoms with Crippen molar-refractivity contribution < 1.29 is 9.53 Å². The van der Waals surface area contributed by atoms with Crippen molar-refractivity contribution in [1.82, 2.24) is 19.9 Å². The van der Waals surface area contributed by atoms with Crippen LogP contribution in [0, 0.1) is 0 Å². The average molecular weight is 267 g/mol. The second-order valence-electron chi connectivity index (χ2n) is 4.65. The minimum absolute atomic E-state index is 0.0710. The number of hydrogen-bond donors (Lipinski definition) is 1. The zero-order valence-corrected chi connectivity index (χ0v) is 11.1. The molecule has 0 aromatic carbocycles. The van der Waals surface area contributed by atoms with Gasteiger partial charge in [0, 0.05) is 19.3 Å². The van der Waals surface area contributed by atoms with Crippen molar-refractivity contribution in [1.29, 1.82) is 0 Å². The molecule has 106 valence electrons. The summed E-state index contributed by atoms with van der Waals surface area (Å²) in [6.07, 6.45) is 4.70. The molecule has 1 saturated heterocycles. The van der Waals surface area contributed by atoms with Crippen LogP contribution in [0.2, 0.25) is 0 Å². The number of hydrogen-bond acceptors (Lipinski definition) is 5. The van der Waals surface area contributed by atoms with Crippen molar-refractivity contribution in [3.05, 3.63) is 11.9 Å². The van der Waals surface area contributed by atoms with E-state index in [1.54, 1.807) is 9.58 Å². The topological polar surface area (TPSA) is 86.3 Å². The van der Waals surface area contributed by atoms with Crippen LogP contribution in [-0.4, -0.2) is 58.6 Å². The summed E-state index contributed by atoms with van der Waals surface area (Å²) in [5.41, 5.74) is 6.36. The Bertz CT molecular complexity index is 401. The first-order valence-corrected chi connectivity index (χ1v) is 6.74. The molecular formula is C12H21N5O2. The highest BCUT2D eigenvalue weighted by Crippen LogP contribution is 2.02. The minimum Gasteiger partial charge on any atom is -0.378 e. The van der Waals surface area contributed by atoms with Crippen molar-refractivity contribution in [3.63, 3.8) is 0 Å². The van der Waals surface area contributed by atoms with Crippen LogP contribution in [0.1, 0.15) is 18.5 Å². The van der Waals surface area contributed by atoms with E-state index < -0.39 is 0 Å². The van der Waals surface area contributed by atoms with Crippen LogP contribution in [-0.2, 0) is 22.5 Å². The van der Waals surface area contributed by atoms with Crippen LogP contribution in [0.25, 0.3) is 0 Å². The fourth-order valence-electron chi connectivity index (χ4n) is 2.03. The molecule has 0 saturated carbocycles. The van der Waals surface area contributed by atoms with Gasteiger partial charge in [-0.15, -0.1) is 5.10 Å². The Balaban J connectivity index is 1.80. The molecule has 0 atom stereocenters. The van der Waals surface area contributed by atoms with Gasteiger partial charge in [-0.05, 0) is 25.8 Å². The van der Waals surface area contributed by atoms with Gasteiger partial charge < -0.3 is 15.4 Å². The van der Waals surface area contributed by atoms with Crippen LogP contribution in [0.3, 0.4) is 0 Å². The van der Waals surface area contributed by atoms with E-state index in [1.165, 1.54) is 0 Å². The van der Waals surface area contributed by atoms with Gasteiger partial charge in [0.1, 0.15) is 6.54 Å². The summed E-state index contributed by atoms with van der Waals surface area (Å²) in [5.74, 6) is 0.0710. The first kappa shape index (κ1) is 14.0. The molecule has 1 aromatic rings. The molecule has 2 heterocycles. The quantitative estimate of drug-likeness (QED) is 0.697. The Hall–Kier alpha value is -1.47. The number of carbonyl (C=O) groups excluding carboxylic acids is 1. The van der Waals surface area contributed by atoms with Gasteiger partial charge in [0.25, 0.3) is 0 Å². The van der Waals surface area contributed by atoms with Crippen LogP contribution in [0.4, 0.5) is 0 Å². The number of nitrogens with two attached hydrogens (primary N) is 1. The maximum Gasteiger partial charge on any atom is 0.244 e. The number of carbonyl (C=O) groups is 1. The standard InChI is InChI=1S/C12H21N5O2/c13-4-2-1-3-11-9-17(15-14-11)10-12(18)16-5-7-19-8-6-16/h9H,1-8,10,13H2. The predicted octanol–water partition coefficient (Wildman–Crippen LogP) is -0.582. The van der Waals surface area contributed by atoms with Gasteiger partial charge in [0.05, 0.1) is 18.9 Å². The van der Waals surface area contributed by atoms with E-state index in [0.29, 0.717) is 32.8 Å². The summed E-state index contributed by atoms with van der Waals surface area (Å²) < 4.78 is 6.83. The smallest absolute Gasteiger partial charge is 0.244 e. The Morgan fingerprint density at radius 1 is 1.37 bits per heavy atom. The molecule has 2 N–H and O–H groups in total. The average Bonchev–Trinajstić information content (AvgIpc) is 2.88. The highest BCUT2D eigenvalue weighted by Gasteiger charge is 2.17. The lowest BCUT2D eigenvalue weighted by Gasteiger charge is -2.26. The van der Waals surface area contributed by atoms with Gasteiger partial charge in [-0.2, -0.15) is 0 Å². The molecule has 1 aromatic heterocycles. The molecule has 0 unspecified atom stereocenters. The number of amides is 1. The number of aryl methyl sites for hydroxylation is 1. The SMILES string of the molecule is NCCCCc1cn(CC(=O)N2CCOCC2)nn1. The molecule has 0 radical (unpaired) electrons. The predicted molar refractivity (Wildman–Crippen MR) is 69.4 cm³/mol. The van der Waals surface area contributed by atoms with Crippen molar-refractivity contribution >= 4 is 5.91 Å². The normalized spacial score (nSPS) is 15.7. The van der Waals surface area contributed by atoms with E-state index in [4.69, 9.17) is 10.5 Å². The van der Waals surface area contributed by atoms with E-state index in [1.807, 2.05) is 6.20 Å². The van der Waals surface area contributed by atoms with Crippen molar-refractivity contribution in [2.45, 2.75) is 25.8 Å². The number of unbranched alkanes of at least 4 members (excludes halogenated alkanes) is 1. The van der Waals surface area contributed by atoms with Gasteiger partial charge in [0.2, 0.25) is 5.91 Å². The fourth-order valence-corrected chi connectivity index (χ4v) is 2.03. The van der Waals surface area contributed by atoms with Gasteiger partial charge in [-0.3, -0.25) is 4.79 Å².